The van der Waals surface area contributed by atoms with Gasteiger partial charge in [0, 0.05) is 43.1 Å². The molecule has 1 aromatic carbocycles. The van der Waals surface area contributed by atoms with Gasteiger partial charge >= 0.3 is 0 Å². The van der Waals surface area contributed by atoms with Crippen LogP contribution in [0.2, 0.25) is 0 Å². The van der Waals surface area contributed by atoms with Crippen molar-refractivity contribution in [2.45, 2.75) is 57.5 Å². The lowest BCUT2D eigenvalue weighted by molar-refractivity contribution is -0.0553. The van der Waals surface area contributed by atoms with Crippen LogP contribution in [0, 0.1) is 11.8 Å². The standard InChI is InChI=1S/C22H32N2O3S/c1-3-5-6-9-18-10-12-19(13-11-18)22-20-16-23(28(26,27)4-2)14-7-8-15-24(20)21(22)17-25/h10-13,20-22,25H,3-5,7-8,14-17H2,1-2H3/t20-,21-,22+/m1/s1. The van der Waals surface area contributed by atoms with Crippen LogP contribution in [0.1, 0.15) is 56.6 Å². The molecule has 0 unspecified atom stereocenters. The molecule has 2 fully saturated rings. The fourth-order valence-electron chi connectivity index (χ4n) is 4.42. The van der Waals surface area contributed by atoms with Gasteiger partial charge in [-0.05, 0) is 50.4 Å². The van der Waals surface area contributed by atoms with E-state index in [0.29, 0.717) is 13.1 Å². The van der Waals surface area contributed by atoms with E-state index in [4.69, 9.17) is 0 Å². The van der Waals surface area contributed by atoms with Gasteiger partial charge in [-0.1, -0.05) is 30.9 Å². The minimum atomic E-state index is -3.21. The third-order valence-electron chi connectivity index (χ3n) is 5.99. The van der Waals surface area contributed by atoms with E-state index in [2.05, 4.69) is 35.8 Å². The van der Waals surface area contributed by atoms with E-state index in [1.165, 1.54) is 0 Å². The number of aliphatic hydroxyl groups is 1. The molecule has 154 valence electrons. The number of hydrogen-bond donors (Lipinski definition) is 1. The highest BCUT2D eigenvalue weighted by Crippen LogP contribution is 2.42. The lowest BCUT2D eigenvalue weighted by Gasteiger charge is -2.57. The number of unbranched alkanes of at least 4 members (excludes halogenated alkanes) is 1. The summed E-state index contributed by atoms with van der Waals surface area (Å²) in [7, 11) is -3.21. The first-order valence-electron chi connectivity index (χ1n) is 10.4. The summed E-state index contributed by atoms with van der Waals surface area (Å²) >= 11 is 0. The maximum atomic E-state index is 12.5. The summed E-state index contributed by atoms with van der Waals surface area (Å²) in [4.78, 5) is 2.30. The van der Waals surface area contributed by atoms with Gasteiger partial charge in [-0.3, -0.25) is 4.90 Å². The second-order valence-electron chi connectivity index (χ2n) is 7.72. The van der Waals surface area contributed by atoms with Crippen molar-refractivity contribution in [3.63, 3.8) is 0 Å². The van der Waals surface area contributed by atoms with Crippen molar-refractivity contribution in [1.82, 2.24) is 9.21 Å². The first-order valence-corrected chi connectivity index (χ1v) is 12.1. The topological polar surface area (TPSA) is 60.9 Å². The fourth-order valence-corrected chi connectivity index (χ4v) is 5.57. The zero-order valence-electron chi connectivity index (χ0n) is 17.0. The summed E-state index contributed by atoms with van der Waals surface area (Å²) in [5.41, 5.74) is 2.16. The number of benzene rings is 1. The SMILES string of the molecule is CCCC#Cc1ccc([C@@H]2[C@@H](CO)N3CCCCN(S(=O)(=O)CC)C[C@H]23)cc1. The Balaban J connectivity index is 1.82. The Morgan fingerprint density at radius 3 is 2.50 bits per heavy atom. The third-order valence-corrected chi connectivity index (χ3v) is 7.84. The average Bonchev–Trinajstić information content (AvgIpc) is 2.68. The van der Waals surface area contributed by atoms with Crippen molar-refractivity contribution in [2.75, 3.05) is 32.0 Å². The molecule has 0 radical (unpaired) electrons. The number of hydrogen-bond acceptors (Lipinski definition) is 4. The molecule has 5 nitrogen and oxygen atoms in total. The molecule has 0 bridgehead atoms. The molecule has 0 aromatic heterocycles. The molecule has 1 N–H and O–H groups in total. The lowest BCUT2D eigenvalue weighted by Crippen LogP contribution is -2.67. The number of rotatable bonds is 5. The van der Waals surface area contributed by atoms with Gasteiger partial charge in [0.05, 0.1) is 12.4 Å². The van der Waals surface area contributed by atoms with E-state index in [0.717, 1.165) is 43.4 Å². The van der Waals surface area contributed by atoms with Crippen molar-refractivity contribution < 1.29 is 13.5 Å². The van der Waals surface area contributed by atoms with Crippen LogP contribution >= 0.6 is 0 Å². The van der Waals surface area contributed by atoms with Crippen LogP contribution in [0.15, 0.2) is 24.3 Å². The van der Waals surface area contributed by atoms with E-state index in [1.54, 1.807) is 11.2 Å². The summed E-state index contributed by atoms with van der Waals surface area (Å²) in [5, 5.41) is 9.99. The highest BCUT2D eigenvalue weighted by Gasteiger charge is 2.49. The van der Waals surface area contributed by atoms with Gasteiger partial charge in [0.2, 0.25) is 10.0 Å². The molecule has 2 heterocycles. The smallest absolute Gasteiger partial charge is 0.213 e. The van der Waals surface area contributed by atoms with Gasteiger partial charge in [0.15, 0.2) is 0 Å². The van der Waals surface area contributed by atoms with Gasteiger partial charge in [-0.2, -0.15) is 0 Å². The lowest BCUT2D eigenvalue weighted by atomic mass is 9.74. The number of aliphatic hydroxyl groups excluding tert-OH is 1. The second-order valence-corrected chi connectivity index (χ2v) is 9.98. The van der Waals surface area contributed by atoms with Crippen LogP contribution in [-0.2, 0) is 10.0 Å². The van der Waals surface area contributed by atoms with Gasteiger partial charge < -0.3 is 5.11 Å². The van der Waals surface area contributed by atoms with Crippen LogP contribution in [0.3, 0.4) is 0 Å². The highest BCUT2D eigenvalue weighted by atomic mass is 32.2. The van der Waals surface area contributed by atoms with E-state index in [9.17, 15) is 13.5 Å². The Bertz CT molecular complexity index is 810. The van der Waals surface area contributed by atoms with Crippen LogP contribution in [0.5, 0.6) is 0 Å². The largest absolute Gasteiger partial charge is 0.395 e. The molecule has 3 atom stereocenters. The van der Waals surface area contributed by atoms with E-state index < -0.39 is 10.0 Å². The zero-order valence-corrected chi connectivity index (χ0v) is 17.8. The molecule has 28 heavy (non-hydrogen) atoms. The fraction of sp³-hybridized carbons (Fsp3) is 0.636. The third kappa shape index (κ3) is 4.44. The van der Waals surface area contributed by atoms with E-state index >= 15 is 0 Å². The summed E-state index contributed by atoms with van der Waals surface area (Å²) in [6, 6.07) is 8.45. The Morgan fingerprint density at radius 1 is 1.14 bits per heavy atom. The Hall–Kier alpha value is -1.39. The number of sulfonamides is 1. The second kappa shape index (κ2) is 9.41. The maximum Gasteiger partial charge on any atom is 0.213 e. The zero-order chi connectivity index (χ0) is 20.1. The van der Waals surface area contributed by atoms with Crippen molar-refractivity contribution in [3.8, 4) is 11.8 Å². The molecule has 2 aliphatic rings. The normalized spacial score (nSPS) is 26.3. The molecular weight excluding hydrogens is 372 g/mol. The van der Waals surface area contributed by atoms with Crippen molar-refractivity contribution in [1.29, 1.82) is 0 Å². The van der Waals surface area contributed by atoms with Crippen LogP contribution in [-0.4, -0.2) is 66.8 Å². The van der Waals surface area contributed by atoms with Gasteiger partial charge in [-0.15, -0.1) is 0 Å². The molecule has 1 aromatic rings. The van der Waals surface area contributed by atoms with Crippen LogP contribution < -0.4 is 0 Å². The molecule has 3 rings (SSSR count). The summed E-state index contributed by atoms with van der Waals surface area (Å²) in [5.74, 6) is 6.64. The molecule has 0 saturated carbocycles. The first-order chi connectivity index (χ1) is 13.5. The monoisotopic (exact) mass is 404 g/mol. The van der Waals surface area contributed by atoms with E-state index in [1.807, 2.05) is 12.1 Å². The average molecular weight is 405 g/mol. The summed E-state index contributed by atoms with van der Waals surface area (Å²) in [6.45, 7) is 5.95. The number of nitrogens with zero attached hydrogens (tertiary/aromatic N) is 2. The van der Waals surface area contributed by atoms with Gasteiger partial charge in [-0.25, -0.2) is 12.7 Å². The minimum Gasteiger partial charge on any atom is -0.395 e. The van der Waals surface area contributed by atoms with Crippen LogP contribution in [0.25, 0.3) is 0 Å². The van der Waals surface area contributed by atoms with Crippen molar-refractivity contribution in [3.05, 3.63) is 35.4 Å². The molecule has 2 aliphatic heterocycles. The van der Waals surface area contributed by atoms with Crippen molar-refractivity contribution >= 4 is 10.0 Å². The first kappa shape index (κ1) is 21.3. The Kier molecular flexibility index (Phi) is 7.16. The van der Waals surface area contributed by atoms with Gasteiger partial charge in [0.1, 0.15) is 0 Å². The Labute approximate surface area is 169 Å². The number of fused-ring (bicyclic) bond motifs is 1. The minimum absolute atomic E-state index is 0.0614. The molecular formula is C22H32N2O3S. The predicted molar refractivity (Wildman–Crippen MR) is 113 cm³/mol. The molecule has 0 aliphatic carbocycles. The predicted octanol–water partition coefficient (Wildman–Crippen LogP) is 2.41. The summed E-state index contributed by atoms with van der Waals surface area (Å²) < 4.78 is 26.7. The molecule has 6 heteroatoms. The van der Waals surface area contributed by atoms with Crippen molar-refractivity contribution in [2.24, 2.45) is 0 Å². The van der Waals surface area contributed by atoms with Crippen LogP contribution in [0.4, 0.5) is 0 Å². The summed E-state index contributed by atoms with van der Waals surface area (Å²) in [6.07, 6.45) is 3.79. The molecule has 2 saturated heterocycles. The quantitative estimate of drug-likeness (QED) is 0.766. The maximum absolute atomic E-state index is 12.5. The Morgan fingerprint density at radius 2 is 1.86 bits per heavy atom. The molecule has 0 amide bonds. The van der Waals surface area contributed by atoms with Gasteiger partial charge in [0.25, 0.3) is 0 Å². The highest BCUT2D eigenvalue weighted by molar-refractivity contribution is 7.89. The molecule has 0 spiro atoms. The van der Waals surface area contributed by atoms with E-state index in [-0.39, 0.29) is 30.4 Å².